The number of hydrogen-bond acceptors (Lipinski definition) is 2. The van der Waals surface area contributed by atoms with Crippen LogP contribution >= 0.6 is 23.2 Å². The molecule has 0 atom stereocenters. The quantitative estimate of drug-likeness (QED) is 0.871. The summed E-state index contributed by atoms with van der Waals surface area (Å²) in [5.41, 5.74) is 0.925. The summed E-state index contributed by atoms with van der Waals surface area (Å²) in [5.74, 6) is -0.428. The van der Waals surface area contributed by atoms with E-state index in [-0.39, 0.29) is 6.54 Å². The summed E-state index contributed by atoms with van der Waals surface area (Å²) < 4.78 is 0. The molecule has 1 aromatic rings. The van der Waals surface area contributed by atoms with Crippen LogP contribution in [0.2, 0.25) is 10.0 Å². The van der Waals surface area contributed by atoms with Gasteiger partial charge in [-0.15, -0.1) is 0 Å². The lowest BCUT2D eigenvalue weighted by Crippen LogP contribution is -2.32. The second-order valence-corrected chi connectivity index (χ2v) is 5.61. The molecule has 0 fully saturated rings. The molecule has 0 bridgehead atoms. The summed E-state index contributed by atoms with van der Waals surface area (Å²) in [6.45, 7) is 5.38. The predicted molar refractivity (Wildman–Crippen MR) is 74.2 cm³/mol. The van der Waals surface area contributed by atoms with E-state index >= 15 is 0 Å². The van der Waals surface area contributed by atoms with Gasteiger partial charge >= 0.3 is 5.97 Å². The van der Waals surface area contributed by atoms with Gasteiger partial charge in [-0.05, 0) is 29.7 Å². The van der Waals surface area contributed by atoms with Gasteiger partial charge < -0.3 is 5.11 Å². The summed E-state index contributed by atoms with van der Waals surface area (Å²) in [4.78, 5) is 12.7. The van der Waals surface area contributed by atoms with Crippen LogP contribution in [0, 0.1) is 5.92 Å². The number of carbonyl (C=O) groups is 1. The van der Waals surface area contributed by atoms with Gasteiger partial charge in [-0.25, -0.2) is 0 Å². The summed E-state index contributed by atoms with van der Waals surface area (Å²) in [6, 6.07) is 5.28. The minimum Gasteiger partial charge on any atom is -0.480 e. The van der Waals surface area contributed by atoms with E-state index < -0.39 is 5.97 Å². The average molecular weight is 290 g/mol. The zero-order valence-corrected chi connectivity index (χ0v) is 12.0. The second-order valence-electron chi connectivity index (χ2n) is 4.73. The van der Waals surface area contributed by atoms with Crippen molar-refractivity contribution in [1.29, 1.82) is 0 Å². The fourth-order valence-corrected chi connectivity index (χ4v) is 2.42. The number of benzene rings is 1. The first kappa shape index (κ1) is 15.3. The van der Waals surface area contributed by atoms with Crippen molar-refractivity contribution in [3.05, 3.63) is 33.8 Å². The summed E-state index contributed by atoms with van der Waals surface area (Å²) in [7, 11) is 0. The van der Waals surface area contributed by atoms with Crippen molar-refractivity contribution >= 4 is 29.2 Å². The number of rotatable bonds is 6. The van der Waals surface area contributed by atoms with Gasteiger partial charge in [-0.1, -0.05) is 37.0 Å². The summed E-state index contributed by atoms with van der Waals surface area (Å²) in [6.07, 6.45) is 0. The molecular weight excluding hydrogens is 273 g/mol. The van der Waals surface area contributed by atoms with Gasteiger partial charge in [0.1, 0.15) is 0 Å². The summed E-state index contributed by atoms with van der Waals surface area (Å²) in [5, 5.41) is 10.0. The van der Waals surface area contributed by atoms with Crippen molar-refractivity contribution < 1.29 is 9.90 Å². The van der Waals surface area contributed by atoms with E-state index in [4.69, 9.17) is 28.3 Å². The van der Waals surface area contributed by atoms with Crippen LogP contribution < -0.4 is 0 Å². The number of halogens is 2. The van der Waals surface area contributed by atoms with Gasteiger partial charge in [0.15, 0.2) is 0 Å². The Balaban J connectivity index is 2.77. The van der Waals surface area contributed by atoms with Crippen LogP contribution in [0.4, 0.5) is 0 Å². The van der Waals surface area contributed by atoms with E-state index in [0.717, 1.165) is 12.1 Å². The van der Waals surface area contributed by atoms with E-state index in [1.807, 2.05) is 17.0 Å². The van der Waals surface area contributed by atoms with Crippen LogP contribution in [0.15, 0.2) is 18.2 Å². The first-order valence-corrected chi connectivity index (χ1v) is 6.51. The Labute approximate surface area is 117 Å². The number of carboxylic acid groups (broad SMARTS) is 1. The third kappa shape index (κ3) is 5.71. The zero-order valence-electron chi connectivity index (χ0n) is 10.5. The van der Waals surface area contributed by atoms with Crippen LogP contribution in [0.3, 0.4) is 0 Å². The van der Waals surface area contributed by atoms with E-state index in [0.29, 0.717) is 22.5 Å². The van der Waals surface area contributed by atoms with E-state index in [9.17, 15) is 4.79 Å². The van der Waals surface area contributed by atoms with Gasteiger partial charge in [0, 0.05) is 23.1 Å². The first-order chi connectivity index (χ1) is 8.36. The molecule has 5 heteroatoms. The predicted octanol–water partition coefficient (Wildman–Crippen LogP) is 3.54. The van der Waals surface area contributed by atoms with E-state index in [2.05, 4.69) is 13.8 Å². The molecule has 0 spiro atoms. The maximum absolute atomic E-state index is 10.8. The maximum Gasteiger partial charge on any atom is 0.317 e. The zero-order chi connectivity index (χ0) is 13.7. The molecule has 18 heavy (non-hydrogen) atoms. The standard InChI is InChI=1S/C13H17Cl2NO2/c1-9(2)6-16(8-13(17)18)7-10-3-11(14)5-12(15)4-10/h3-5,9H,6-8H2,1-2H3,(H,17,18). The lowest BCUT2D eigenvalue weighted by atomic mass is 10.1. The lowest BCUT2D eigenvalue weighted by Gasteiger charge is -2.22. The van der Waals surface area contributed by atoms with E-state index in [1.165, 1.54) is 0 Å². The fourth-order valence-electron chi connectivity index (χ4n) is 1.85. The molecule has 0 unspecified atom stereocenters. The molecule has 3 nitrogen and oxygen atoms in total. The minimum absolute atomic E-state index is 0.0162. The Morgan fingerprint density at radius 1 is 1.28 bits per heavy atom. The van der Waals surface area contributed by atoms with Crippen LogP contribution in [0.25, 0.3) is 0 Å². The third-order valence-electron chi connectivity index (χ3n) is 2.31. The van der Waals surface area contributed by atoms with Crippen molar-refractivity contribution in [2.24, 2.45) is 5.92 Å². The molecule has 100 valence electrons. The van der Waals surface area contributed by atoms with Gasteiger partial charge in [0.2, 0.25) is 0 Å². The van der Waals surface area contributed by atoms with Crippen LogP contribution in [0.5, 0.6) is 0 Å². The molecule has 0 aliphatic heterocycles. The smallest absolute Gasteiger partial charge is 0.317 e. The molecule has 0 aliphatic carbocycles. The molecule has 1 aromatic carbocycles. The molecule has 0 amide bonds. The highest BCUT2D eigenvalue weighted by atomic mass is 35.5. The number of nitrogens with zero attached hydrogens (tertiary/aromatic N) is 1. The van der Waals surface area contributed by atoms with Crippen molar-refractivity contribution in [2.45, 2.75) is 20.4 Å². The Bertz CT molecular complexity index is 401. The van der Waals surface area contributed by atoms with E-state index in [1.54, 1.807) is 6.07 Å². The topological polar surface area (TPSA) is 40.5 Å². The molecule has 1 N–H and O–H groups in total. The SMILES string of the molecule is CC(C)CN(CC(=O)O)Cc1cc(Cl)cc(Cl)c1. The van der Waals surface area contributed by atoms with Gasteiger partial charge in [0.25, 0.3) is 0 Å². The highest BCUT2D eigenvalue weighted by Gasteiger charge is 2.12. The number of hydrogen-bond donors (Lipinski definition) is 1. The summed E-state index contributed by atoms with van der Waals surface area (Å²) >= 11 is 11.9. The molecule has 0 aromatic heterocycles. The monoisotopic (exact) mass is 289 g/mol. The van der Waals surface area contributed by atoms with Crippen molar-refractivity contribution in [2.75, 3.05) is 13.1 Å². The fraction of sp³-hybridized carbons (Fsp3) is 0.462. The highest BCUT2D eigenvalue weighted by Crippen LogP contribution is 2.20. The second kappa shape index (κ2) is 6.98. The molecule has 1 rings (SSSR count). The van der Waals surface area contributed by atoms with Crippen molar-refractivity contribution in [3.8, 4) is 0 Å². The van der Waals surface area contributed by atoms with Gasteiger partial charge in [-0.2, -0.15) is 0 Å². The average Bonchev–Trinajstić information content (AvgIpc) is 2.12. The van der Waals surface area contributed by atoms with Crippen molar-refractivity contribution in [3.63, 3.8) is 0 Å². The molecule has 0 aliphatic rings. The molecule has 0 saturated carbocycles. The van der Waals surface area contributed by atoms with Crippen LogP contribution in [-0.4, -0.2) is 29.1 Å². The van der Waals surface area contributed by atoms with Crippen LogP contribution in [0.1, 0.15) is 19.4 Å². The lowest BCUT2D eigenvalue weighted by molar-refractivity contribution is -0.138. The molecule has 0 saturated heterocycles. The molecule has 0 radical (unpaired) electrons. The normalized spacial score (nSPS) is 11.2. The largest absolute Gasteiger partial charge is 0.480 e. The number of aliphatic carboxylic acids is 1. The number of carboxylic acids is 1. The Morgan fingerprint density at radius 2 is 1.83 bits per heavy atom. The van der Waals surface area contributed by atoms with Gasteiger partial charge in [-0.3, -0.25) is 9.69 Å². The maximum atomic E-state index is 10.8. The third-order valence-corrected chi connectivity index (χ3v) is 2.75. The van der Waals surface area contributed by atoms with Crippen LogP contribution in [-0.2, 0) is 11.3 Å². The molecule has 0 heterocycles. The first-order valence-electron chi connectivity index (χ1n) is 5.76. The Morgan fingerprint density at radius 3 is 2.28 bits per heavy atom. The Kier molecular flexibility index (Phi) is 5.93. The van der Waals surface area contributed by atoms with Gasteiger partial charge in [0.05, 0.1) is 6.54 Å². The van der Waals surface area contributed by atoms with Crippen molar-refractivity contribution in [1.82, 2.24) is 4.90 Å². The highest BCUT2D eigenvalue weighted by molar-refractivity contribution is 6.34. The Hall–Kier alpha value is -0.770. The molecular formula is C13H17Cl2NO2. The minimum atomic E-state index is -0.830.